The van der Waals surface area contributed by atoms with E-state index in [1.54, 1.807) is 11.8 Å². The predicted octanol–water partition coefficient (Wildman–Crippen LogP) is 4.10. The van der Waals surface area contributed by atoms with E-state index in [4.69, 9.17) is 4.99 Å². The second-order valence-corrected chi connectivity index (χ2v) is 5.86. The summed E-state index contributed by atoms with van der Waals surface area (Å²) in [7, 11) is 0. The van der Waals surface area contributed by atoms with Crippen molar-refractivity contribution >= 4 is 22.6 Å². The molecule has 19 heavy (non-hydrogen) atoms. The number of nitrogens with zero attached hydrogens (tertiary/aromatic N) is 2. The Hall–Kier alpha value is -1.74. The summed E-state index contributed by atoms with van der Waals surface area (Å²) in [5.41, 5.74) is 2.64. The average molecular weight is 266 g/mol. The Morgan fingerprint density at radius 1 is 1.00 bits per heavy atom. The first-order valence-electron chi connectivity index (χ1n) is 6.59. The van der Waals surface area contributed by atoms with E-state index in [2.05, 4.69) is 59.5 Å². The first-order valence-corrected chi connectivity index (χ1v) is 7.40. The van der Waals surface area contributed by atoms with Gasteiger partial charge in [-0.05, 0) is 35.9 Å². The summed E-state index contributed by atoms with van der Waals surface area (Å²) in [6.07, 6.45) is 1.09. The fourth-order valence-electron chi connectivity index (χ4n) is 2.70. The first-order chi connectivity index (χ1) is 9.42. The Balaban J connectivity index is 1.69. The summed E-state index contributed by atoms with van der Waals surface area (Å²) in [4.78, 5) is 8.61. The molecule has 0 amide bonds. The molecule has 2 aliphatic rings. The molecule has 4 rings (SSSR count). The molecule has 0 N–H and O–H groups in total. The highest BCUT2D eigenvalue weighted by atomic mass is 32.2. The van der Waals surface area contributed by atoms with Gasteiger partial charge in [-0.1, -0.05) is 42.5 Å². The van der Waals surface area contributed by atoms with Gasteiger partial charge in [0, 0.05) is 11.4 Å². The van der Waals surface area contributed by atoms with E-state index in [-0.39, 0.29) is 0 Å². The van der Waals surface area contributed by atoms with Gasteiger partial charge in [0.1, 0.15) is 0 Å². The Morgan fingerprint density at radius 3 is 2.68 bits per heavy atom. The van der Waals surface area contributed by atoms with Gasteiger partial charge in [0.05, 0.1) is 11.7 Å². The molecule has 0 bridgehead atoms. The van der Waals surface area contributed by atoms with Crippen molar-refractivity contribution in [2.45, 2.75) is 17.4 Å². The zero-order valence-electron chi connectivity index (χ0n) is 10.5. The monoisotopic (exact) mass is 266 g/mol. The lowest BCUT2D eigenvalue weighted by Crippen LogP contribution is -2.31. The quantitative estimate of drug-likeness (QED) is 0.772. The molecule has 2 nitrogen and oxygen atoms in total. The molecule has 0 aromatic heterocycles. The van der Waals surface area contributed by atoms with Crippen molar-refractivity contribution in [3.8, 4) is 0 Å². The van der Waals surface area contributed by atoms with Gasteiger partial charge in [-0.25, -0.2) is 0 Å². The van der Waals surface area contributed by atoms with Crippen LogP contribution in [-0.2, 0) is 0 Å². The van der Waals surface area contributed by atoms with Gasteiger partial charge < -0.3 is 4.90 Å². The highest BCUT2D eigenvalue weighted by molar-refractivity contribution is 8.14. The highest BCUT2D eigenvalue weighted by Gasteiger charge is 2.31. The van der Waals surface area contributed by atoms with Crippen LogP contribution >= 0.6 is 11.8 Å². The van der Waals surface area contributed by atoms with Crippen molar-refractivity contribution in [2.75, 3.05) is 11.4 Å². The van der Waals surface area contributed by atoms with Crippen LogP contribution in [0.4, 0.5) is 5.69 Å². The molecule has 0 saturated carbocycles. The Bertz CT molecular complexity index is 636. The van der Waals surface area contributed by atoms with Crippen molar-refractivity contribution in [3.63, 3.8) is 0 Å². The summed E-state index contributed by atoms with van der Waals surface area (Å²) in [6, 6.07) is 19.5. The number of fused-ring (bicyclic) bond motifs is 3. The number of hydrogen-bond donors (Lipinski definition) is 0. The maximum atomic E-state index is 4.93. The number of anilines is 1. The number of aliphatic imine (C=N–C) groups is 1. The molecule has 2 aromatic rings. The van der Waals surface area contributed by atoms with Crippen molar-refractivity contribution in [3.05, 3.63) is 60.2 Å². The summed E-state index contributed by atoms with van der Waals surface area (Å²) in [5.74, 6) is 0. The van der Waals surface area contributed by atoms with E-state index in [9.17, 15) is 0 Å². The van der Waals surface area contributed by atoms with Gasteiger partial charge in [0.25, 0.3) is 0 Å². The number of hydrogen-bond acceptors (Lipinski definition) is 3. The number of thioether (sulfide) groups is 1. The second-order valence-electron chi connectivity index (χ2n) is 4.85. The molecule has 2 aliphatic heterocycles. The van der Waals surface area contributed by atoms with Crippen LogP contribution in [0.3, 0.4) is 0 Å². The fourth-order valence-corrected chi connectivity index (χ4v) is 3.81. The number of para-hydroxylation sites is 1. The molecule has 0 saturated heterocycles. The maximum absolute atomic E-state index is 4.93. The molecule has 94 valence electrons. The van der Waals surface area contributed by atoms with Crippen LogP contribution in [0.25, 0.3) is 0 Å². The third-order valence-corrected chi connectivity index (χ3v) is 4.74. The van der Waals surface area contributed by atoms with Crippen molar-refractivity contribution in [1.29, 1.82) is 0 Å². The maximum Gasteiger partial charge on any atom is 0.169 e. The van der Waals surface area contributed by atoms with Crippen LogP contribution in [0.2, 0.25) is 0 Å². The summed E-state index contributed by atoms with van der Waals surface area (Å²) in [6.45, 7) is 1.06. The molecule has 0 radical (unpaired) electrons. The molecule has 0 spiro atoms. The van der Waals surface area contributed by atoms with E-state index in [0.717, 1.165) is 18.1 Å². The number of amidine groups is 1. The lowest BCUT2D eigenvalue weighted by atomic mass is 10.0. The fraction of sp³-hybridized carbons (Fsp3) is 0.188. The molecule has 0 fully saturated rings. The Labute approximate surface area is 117 Å². The van der Waals surface area contributed by atoms with Gasteiger partial charge in [0.15, 0.2) is 5.17 Å². The normalized spacial score (nSPS) is 20.7. The topological polar surface area (TPSA) is 15.6 Å². The van der Waals surface area contributed by atoms with Crippen LogP contribution in [0.5, 0.6) is 0 Å². The molecule has 1 atom stereocenters. The number of rotatable bonds is 1. The van der Waals surface area contributed by atoms with Crippen LogP contribution in [-0.4, -0.2) is 11.7 Å². The average Bonchev–Trinajstić information content (AvgIpc) is 2.86. The van der Waals surface area contributed by atoms with Gasteiger partial charge >= 0.3 is 0 Å². The van der Waals surface area contributed by atoms with E-state index >= 15 is 0 Å². The minimum Gasteiger partial charge on any atom is -0.320 e. The van der Waals surface area contributed by atoms with Gasteiger partial charge in [0.2, 0.25) is 0 Å². The zero-order chi connectivity index (χ0) is 12.7. The van der Waals surface area contributed by atoms with Crippen LogP contribution in [0.1, 0.15) is 18.0 Å². The molecular weight excluding hydrogens is 252 g/mol. The SMILES string of the molecule is c1ccc([C@H]2CCN3C(=N2)Sc2ccccc23)cc1. The standard InChI is InChI=1S/C16H14N2S/c1-2-6-12(7-3-1)13-10-11-18-14-8-4-5-9-15(14)19-16(18)17-13/h1-9,13H,10-11H2/t13-/m1/s1. The minimum absolute atomic E-state index is 0.314. The molecule has 0 aliphatic carbocycles. The van der Waals surface area contributed by atoms with E-state index in [1.165, 1.54) is 16.1 Å². The molecule has 0 unspecified atom stereocenters. The van der Waals surface area contributed by atoms with Crippen molar-refractivity contribution in [2.24, 2.45) is 4.99 Å². The molecule has 3 heteroatoms. The number of benzene rings is 2. The Morgan fingerprint density at radius 2 is 1.79 bits per heavy atom. The third-order valence-electron chi connectivity index (χ3n) is 3.66. The van der Waals surface area contributed by atoms with E-state index in [1.807, 2.05) is 0 Å². The summed E-state index contributed by atoms with van der Waals surface area (Å²) >= 11 is 1.79. The van der Waals surface area contributed by atoms with E-state index in [0.29, 0.717) is 6.04 Å². The third kappa shape index (κ3) is 1.85. The van der Waals surface area contributed by atoms with Crippen LogP contribution in [0.15, 0.2) is 64.5 Å². The minimum atomic E-state index is 0.314. The van der Waals surface area contributed by atoms with Crippen molar-refractivity contribution < 1.29 is 0 Å². The van der Waals surface area contributed by atoms with E-state index < -0.39 is 0 Å². The Kier molecular flexibility index (Phi) is 2.59. The van der Waals surface area contributed by atoms with Crippen LogP contribution in [0, 0.1) is 0 Å². The van der Waals surface area contributed by atoms with Gasteiger partial charge in [-0.2, -0.15) is 0 Å². The summed E-state index contributed by atoms with van der Waals surface area (Å²) in [5, 5.41) is 1.15. The van der Waals surface area contributed by atoms with Gasteiger partial charge in [-0.15, -0.1) is 0 Å². The lowest BCUT2D eigenvalue weighted by molar-refractivity contribution is 0.637. The van der Waals surface area contributed by atoms with Gasteiger partial charge in [-0.3, -0.25) is 4.99 Å². The predicted molar refractivity (Wildman–Crippen MR) is 80.9 cm³/mol. The van der Waals surface area contributed by atoms with Crippen LogP contribution < -0.4 is 4.90 Å². The highest BCUT2D eigenvalue weighted by Crippen LogP contribution is 2.43. The van der Waals surface area contributed by atoms with Crippen molar-refractivity contribution in [1.82, 2.24) is 0 Å². The lowest BCUT2D eigenvalue weighted by Gasteiger charge is -2.27. The molecule has 2 heterocycles. The largest absolute Gasteiger partial charge is 0.320 e. The smallest absolute Gasteiger partial charge is 0.169 e. The molecular formula is C16H14N2S. The first kappa shape index (κ1) is 11.1. The second kappa shape index (κ2) is 4.42. The zero-order valence-corrected chi connectivity index (χ0v) is 11.3. The molecule has 2 aromatic carbocycles. The summed E-state index contributed by atoms with van der Waals surface area (Å²) < 4.78 is 0.